The van der Waals surface area contributed by atoms with Crippen LogP contribution in [0.25, 0.3) is 0 Å². The van der Waals surface area contributed by atoms with Crippen molar-refractivity contribution in [1.29, 1.82) is 0 Å². The number of nitrogens with one attached hydrogen (secondary N) is 1. The summed E-state index contributed by atoms with van der Waals surface area (Å²) < 4.78 is 1.91. The molecule has 16 heavy (non-hydrogen) atoms. The van der Waals surface area contributed by atoms with Gasteiger partial charge in [-0.25, -0.2) is 0 Å². The molecule has 0 aliphatic carbocycles. The summed E-state index contributed by atoms with van der Waals surface area (Å²) in [5, 5.41) is 2.94. The maximum absolute atomic E-state index is 11.9. The van der Waals surface area contributed by atoms with Gasteiger partial charge in [0, 0.05) is 18.8 Å². The third-order valence-electron chi connectivity index (χ3n) is 2.60. The molecule has 0 aromatic carbocycles. The third-order valence-corrected chi connectivity index (χ3v) is 2.60. The van der Waals surface area contributed by atoms with Gasteiger partial charge in [-0.2, -0.15) is 0 Å². The predicted octanol–water partition coefficient (Wildman–Crippen LogP) is 2.01. The van der Waals surface area contributed by atoms with E-state index >= 15 is 0 Å². The van der Waals surface area contributed by atoms with Gasteiger partial charge in [0.25, 0.3) is 5.91 Å². The number of nitrogens with zero attached hydrogens (tertiary/aromatic N) is 1. The molecule has 0 saturated carbocycles. The van der Waals surface area contributed by atoms with Gasteiger partial charge < -0.3 is 15.6 Å². The lowest BCUT2D eigenvalue weighted by atomic mass is 10.2. The third kappa shape index (κ3) is 3.02. The normalized spacial score (nSPS) is 12.4. The summed E-state index contributed by atoms with van der Waals surface area (Å²) in [6, 6.07) is 1.92. The molecule has 1 aromatic heterocycles. The molecule has 1 rings (SSSR count). The molecule has 1 heterocycles. The zero-order valence-electron chi connectivity index (χ0n) is 10.3. The fourth-order valence-corrected chi connectivity index (χ4v) is 1.55. The van der Waals surface area contributed by atoms with E-state index in [0.717, 1.165) is 19.4 Å². The minimum atomic E-state index is -0.0421. The van der Waals surface area contributed by atoms with Crippen molar-refractivity contribution < 1.29 is 4.79 Å². The lowest BCUT2D eigenvalue weighted by Crippen LogP contribution is -2.33. The molecule has 1 aromatic rings. The molecule has 0 spiro atoms. The van der Waals surface area contributed by atoms with E-state index in [1.165, 1.54) is 0 Å². The monoisotopic (exact) mass is 223 g/mol. The van der Waals surface area contributed by atoms with Crippen molar-refractivity contribution in [3.05, 3.63) is 18.0 Å². The number of hydrogen-bond acceptors (Lipinski definition) is 2. The first-order chi connectivity index (χ1) is 7.58. The molecule has 0 aliphatic rings. The van der Waals surface area contributed by atoms with E-state index in [4.69, 9.17) is 5.73 Å². The molecule has 1 atom stereocenters. The second kappa shape index (κ2) is 5.58. The van der Waals surface area contributed by atoms with Gasteiger partial charge in [0.15, 0.2) is 0 Å². The minimum Gasteiger partial charge on any atom is -0.397 e. The maximum atomic E-state index is 11.9. The number of aromatic nitrogens is 1. The van der Waals surface area contributed by atoms with Gasteiger partial charge in [-0.1, -0.05) is 13.8 Å². The molecular formula is C12H21N3O. The highest BCUT2D eigenvalue weighted by molar-refractivity contribution is 5.94. The van der Waals surface area contributed by atoms with E-state index < -0.39 is 0 Å². The van der Waals surface area contributed by atoms with Crippen LogP contribution < -0.4 is 11.1 Å². The molecule has 1 unspecified atom stereocenters. The summed E-state index contributed by atoms with van der Waals surface area (Å²) in [4.78, 5) is 11.9. The molecule has 0 fully saturated rings. The fraction of sp³-hybridized carbons (Fsp3) is 0.583. The van der Waals surface area contributed by atoms with Crippen LogP contribution >= 0.6 is 0 Å². The molecule has 0 radical (unpaired) electrons. The average molecular weight is 223 g/mol. The van der Waals surface area contributed by atoms with Crippen molar-refractivity contribution in [1.82, 2.24) is 9.88 Å². The van der Waals surface area contributed by atoms with Crippen molar-refractivity contribution in [3.63, 3.8) is 0 Å². The number of carbonyl (C=O) groups excluding carboxylic acids is 1. The Kier molecular flexibility index (Phi) is 4.40. The summed E-state index contributed by atoms with van der Waals surface area (Å²) >= 11 is 0. The molecule has 1 amide bonds. The van der Waals surface area contributed by atoms with Gasteiger partial charge in [-0.3, -0.25) is 4.79 Å². The number of aryl methyl sites for hydroxylation is 1. The second-order valence-corrected chi connectivity index (χ2v) is 4.13. The van der Waals surface area contributed by atoms with E-state index in [1.54, 1.807) is 6.07 Å². The van der Waals surface area contributed by atoms with Gasteiger partial charge in [-0.15, -0.1) is 0 Å². The first-order valence-corrected chi connectivity index (χ1v) is 5.85. The van der Waals surface area contributed by atoms with Crippen LogP contribution in [-0.2, 0) is 6.54 Å². The summed E-state index contributed by atoms with van der Waals surface area (Å²) in [7, 11) is 0. The Morgan fingerprint density at radius 2 is 2.25 bits per heavy atom. The van der Waals surface area contributed by atoms with Gasteiger partial charge >= 0.3 is 0 Å². The Morgan fingerprint density at radius 3 is 2.81 bits per heavy atom. The average Bonchev–Trinajstić information content (AvgIpc) is 2.60. The smallest absolute Gasteiger partial charge is 0.268 e. The van der Waals surface area contributed by atoms with E-state index in [-0.39, 0.29) is 11.9 Å². The highest BCUT2D eigenvalue weighted by Crippen LogP contribution is 2.11. The van der Waals surface area contributed by atoms with Crippen LogP contribution in [0.4, 0.5) is 5.69 Å². The number of rotatable bonds is 5. The number of nitrogens with two attached hydrogens (primary N) is 1. The molecule has 0 saturated heterocycles. The van der Waals surface area contributed by atoms with Gasteiger partial charge in [0.05, 0.1) is 5.69 Å². The van der Waals surface area contributed by atoms with Crippen molar-refractivity contribution in [2.45, 2.75) is 46.2 Å². The van der Waals surface area contributed by atoms with Crippen LogP contribution in [0, 0.1) is 0 Å². The Labute approximate surface area is 96.8 Å². The first kappa shape index (κ1) is 12.6. The number of carbonyl (C=O) groups is 1. The van der Waals surface area contributed by atoms with Crippen LogP contribution in [-0.4, -0.2) is 16.5 Å². The molecule has 4 nitrogen and oxygen atoms in total. The van der Waals surface area contributed by atoms with Gasteiger partial charge in [-0.05, 0) is 25.8 Å². The van der Waals surface area contributed by atoms with Crippen LogP contribution in [0.2, 0.25) is 0 Å². The molecule has 3 N–H and O–H groups in total. The van der Waals surface area contributed by atoms with Gasteiger partial charge in [0.1, 0.15) is 5.69 Å². The van der Waals surface area contributed by atoms with E-state index in [2.05, 4.69) is 12.2 Å². The minimum absolute atomic E-state index is 0.0421. The lowest BCUT2D eigenvalue weighted by Gasteiger charge is -2.12. The zero-order valence-corrected chi connectivity index (χ0v) is 10.3. The van der Waals surface area contributed by atoms with E-state index in [1.807, 2.05) is 24.6 Å². The first-order valence-electron chi connectivity index (χ1n) is 5.85. The predicted molar refractivity (Wildman–Crippen MR) is 66.4 cm³/mol. The van der Waals surface area contributed by atoms with Crippen molar-refractivity contribution in [3.8, 4) is 0 Å². The summed E-state index contributed by atoms with van der Waals surface area (Å²) in [5.41, 5.74) is 7.00. The highest BCUT2D eigenvalue weighted by atomic mass is 16.2. The molecule has 0 bridgehead atoms. The quantitative estimate of drug-likeness (QED) is 0.802. The van der Waals surface area contributed by atoms with Crippen LogP contribution in [0.3, 0.4) is 0 Å². The standard InChI is InChI=1S/C12H21N3O/c1-4-6-15-8-10(13)7-11(15)12(16)14-9(3)5-2/h7-9H,4-6,13H2,1-3H3,(H,14,16). The number of hydrogen-bond donors (Lipinski definition) is 2. The zero-order chi connectivity index (χ0) is 12.1. The van der Waals surface area contributed by atoms with E-state index in [0.29, 0.717) is 11.4 Å². The Morgan fingerprint density at radius 1 is 1.56 bits per heavy atom. The topological polar surface area (TPSA) is 60.0 Å². The number of amides is 1. The highest BCUT2D eigenvalue weighted by Gasteiger charge is 2.13. The molecule has 0 aliphatic heterocycles. The van der Waals surface area contributed by atoms with Crippen molar-refractivity contribution in [2.75, 3.05) is 5.73 Å². The molecular weight excluding hydrogens is 202 g/mol. The number of anilines is 1. The van der Waals surface area contributed by atoms with Crippen LogP contribution in [0.1, 0.15) is 44.1 Å². The van der Waals surface area contributed by atoms with Crippen LogP contribution in [0.15, 0.2) is 12.3 Å². The van der Waals surface area contributed by atoms with Gasteiger partial charge in [0.2, 0.25) is 0 Å². The summed E-state index contributed by atoms with van der Waals surface area (Å²) in [6.45, 7) is 6.94. The molecule has 90 valence electrons. The van der Waals surface area contributed by atoms with Crippen LogP contribution in [0.5, 0.6) is 0 Å². The Hall–Kier alpha value is -1.45. The van der Waals surface area contributed by atoms with E-state index in [9.17, 15) is 4.79 Å². The summed E-state index contributed by atoms with van der Waals surface area (Å²) in [5.74, 6) is -0.0421. The SMILES string of the molecule is CCCn1cc(N)cc1C(=O)NC(C)CC. The second-order valence-electron chi connectivity index (χ2n) is 4.13. The largest absolute Gasteiger partial charge is 0.397 e. The summed E-state index contributed by atoms with van der Waals surface area (Å²) in [6.07, 6.45) is 3.72. The van der Waals surface area contributed by atoms with Crippen molar-refractivity contribution in [2.24, 2.45) is 0 Å². The fourth-order valence-electron chi connectivity index (χ4n) is 1.55. The Bertz CT molecular complexity index is 357. The maximum Gasteiger partial charge on any atom is 0.268 e. The lowest BCUT2D eigenvalue weighted by molar-refractivity contribution is 0.0930. The van der Waals surface area contributed by atoms with Crippen molar-refractivity contribution >= 4 is 11.6 Å². The number of nitrogen functional groups attached to an aromatic ring is 1. The molecule has 4 heteroatoms. The Balaban J connectivity index is 2.81.